The van der Waals surface area contributed by atoms with Crippen molar-refractivity contribution in [3.8, 4) is 5.75 Å². The molecule has 1 unspecified atom stereocenters. The van der Waals surface area contributed by atoms with E-state index in [1.165, 1.54) is 0 Å². The predicted octanol–water partition coefficient (Wildman–Crippen LogP) is -0.445. The Bertz CT molecular complexity index is 610. The van der Waals surface area contributed by atoms with Crippen LogP contribution < -0.4 is 15.8 Å². The van der Waals surface area contributed by atoms with Crippen molar-refractivity contribution in [2.24, 2.45) is 5.73 Å². The number of nitrogens with one attached hydrogen (secondary N) is 2. The van der Waals surface area contributed by atoms with Gasteiger partial charge in [0, 0.05) is 5.56 Å². The maximum Gasteiger partial charge on any atom is 0.255 e. The average molecular weight is 290 g/mol. The Balaban J connectivity index is 1.95. The van der Waals surface area contributed by atoms with Crippen LogP contribution in [0.25, 0.3) is 0 Å². The van der Waals surface area contributed by atoms with Crippen molar-refractivity contribution in [1.82, 2.24) is 25.9 Å². The summed E-state index contributed by atoms with van der Waals surface area (Å²) in [5.74, 6) is 0.000774. The van der Waals surface area contributed by atoms with Crippen LogP contribution in [-0.2, 0) is 4.79 Å². The number of aromatic amines is 1. The molecule has 2 aromatic rings. The second kappa shape index (κ2) is 6.46. The van der Waals surface area contributed by atoms with Crippen molar-refractivity contribution in [1.29, 1.82) is 0 Å². The lowest BCUT2D eigenvalue weighted by atomic mass is 10.2. The summed E-state index contributed by atoms with van der Waals surface area (Å²) in [4.78, 5) is 22.6. The van der Waals surface area contributed by atoms with Gasteiger partial charge in [-0.2, -0.15) is 5.21 Å². The van der Waals surface area contributed by atoms with Gasteiger partial charge in [-0.1, -0.05) is 5.21 Å². The predicted molar refractivity (Wildman–Crippen MR) is 71.2 cm³/mol. The maximum absolute atomic E-state index is 12.0. The van der Waals surface area contributed by atoms with Crippen LogP contribution in [0.4, 0.5) is 0 Å². The van der Waals surface area contributed by atoms with Crippen LogP contribution in [0.5, 0.6) is 5.75 Å². The topological polar surface area (TPSA) is 136 Å². The van der Waals surface area contributed by atoms with E-state index in [-0.39, 0.29) is 18.6 Å². The molecule has 0 saturated heterocycles. The quantitative estimate of drug-likeness (QED) is 0.659. The number of amides is 2. The number of hydrogen-bond acceptors (Lipinski definition) is 6. The van der Waals surface area contributed by atoms with E-state index in [9.17, 15) is 9.59 Å². The lowest BCUT2D eigenvalue weighted by Crippen LogP contribution is -2.27. The molecular weight excluding hydrogens is 276 g/mol. The number of primary amides is 1. The van der Waals surface area contributed by atoms with E-state index >= 15 is 0 Å². The molecule has 110 valence electrons. The summed E-state index contributed by atoms with van der Waals surface area (Å²) in [7, 11) is 0. The summed E-state index contributed by atoms with van der Waals surface area (Å²) in [6.07, 6.45) is 0. The van der Waals surface area contributed by atoms with Gasteiger partial charge in [-0.05, 0) is 31.2 Å². The summed E-state index contributed by atoms with van der Waals surface area (Å²) in [6, 6.07) is 5.94. The smallest absolute Gasteiger partial charge is 0.255 e. The fourth-order valence-corrected chi connectivity index (χ4v) is 1.55. The molecule has 0 saturated carbocycles. The number of carbonyl (C=O) groups excluding carboxylic acids is 2. The number of nitrogens with zero attached hydrogens (tertiary/aromatic N) is 3. The van der Waals surface area contributed by atoms with Gasteiger partial charge in [-0.25, -0.2) is 0 Å². The molecule has 21 heavy (non-hydrogen) atoms. The van der Waals surface area contributed by atoms with E-state index in [4.69, 9.17) is 10.5 Å². The molecule has 1 aromatic carbocycles. The van der Waals surface area contributed by atoms with Crippen molar-refractivity contribution in [3.05, 3.63) is 35.7 Å². The third-order valence-electron chi connectivity index (χ3n) is 2.59. The summed E-state index contributed by atoms with van der Waals surface area (Å²) >= 11 is 0. The van der Waals surface area contributed by atoms with Crippen molar-refractivity contribution in [3.63, 3.8) is 0 Å². The second-order valence-electron chi connectivity index (χ2n) is 4.24. The first-order valence-corrected chi connectivity index (χ1v) is 6.11. The van der Waals surface area contributed by atoms with Crippen LogP contribution >= 0.6 is 0 Å². The fourth-order valence-electron chi connectivity index (χ4n) is 1.55. The van der Waals surface area contributed by atoms with Crippen LogP contribution in [0.1, 0.15) is 29.1 Å². The SMILES string of the molecule is CC(NC(=O)c1ccc(OCC(N)=O)cc1)c1nn[nH]n1. The molecule has 0 fully saturated rings. The summed E-state index contributed by atoms with van der Waals surface area (Å²) < 4.78 is 5.10. The molecule has 0 aliphatic heterocycles. The Morgan fingerprint density at radius 1 is 1.38 bits per heavy atom. The first-order valence-electron chi connectivity index (χ1n) is 6.11. The van der Waals surface area contributed by atoms with Gasteiger partial charge in [0.25, 0.3) is 11.8 Å². The van der Waals surface area contributed by atoms with Crippen LogP contribution in [0.3, 0.4) is 0 Å². The Labute approximate surface area is 119 Å². The molecular formula is C12H14N6O3. The van der Waals surface area contributed by atoms with Gasteiger partial charge in [0.15, 0.2) is 12.4 Å². The van der Waals surface area contributed by atoms with Crippen LogP contribution in [0.15, 0.2) is 24.3 Å². The maximum atomic E-state index is 12.0. The monoisotopic (exact) mass is 290 g/mol. The van der Waals surface area contributed by atoms with E-state index in [2.05, 4.69) is 25.9 Å². The normalized spacial score (nSPS) is 11.7. The Kier molecular flexibility index (Phi) is 4.44. The lowest BCUT2D eigenvalue weighted by molar-refractivity contribution is -0.119. The van der Waals surface area contributed by atoms with Gasteiger partial charge < -0.3 is 15.8 Å². The molecule has 0 radical (unpaired) electrons. The zero-order chi connectivity index (χ0) is 15.2. The van der Waals surface area contributed by atoms with Crippen LogP contribution in [0.2, 0.25) is 0 Å². The standard InChI is InChI=1S/C12H14N6O3/c1-7(11-15-17-18-16-11)14-12(20)8-2-4-9(5-3-8)21-6-10(13)19/h2-5,7H,6H2,1H3,(H2,13,19)(H,14,20)(H,15,16,17,18). The highest BCUT2D eigenvalue weighted by Gasteiger charge is 2.14. The average Bonchev–Trinajstić information content (AvgIpc) is 3.00. The van der Waals surface area contributed by atoms with Crippen LogP contribution in [0, 0.1) is 0 Å². The Hall–Kier alpha value is -2.97. The summed E-state index contributed by atoms with van der Waals surface area (Å²) in [6.45, 7) is 1.54. The van der Waals surface area contributed by atoms with Crippen molar-refractivity contribution < 1.29 is 14.3 Å². The minimum absolute atomic E-state index is 0.208. The molecule has 0 aliphatic rings. The molecule has 9 nitrogen and oxygen atoms in total. The van der Waals surface area contributed by atoms with Crippen molar-refractivity contribution in [2.75, 3.05) is 6.61 Å². The van der Waals surface area contributed by atoms with E-state index in [1.54, 1.807) is 31.2 Å². The molecule has 0 spiro atoms. The van der Waals surface area contributed by atoms with Gasteiger partial charge in [0.05, 0.1) is 6.04 Å². The number of nitrogens with two attached hydrogens (primary N) is 1. The van der Waals surface area contributed by atoms with Gasteiger partial charge in [-0.15, -0.1) is 10.2 Å². The van der Waals surface area contributed by atoms with E-state index in [0.717, 1.165) is 0 Å². The van der Waals surface area contributed by atoms with Gasteiger partial charge in [0.2, 0.25) is 0 Å². The van der Waals surface area contributed by atoms with E-state index in [1.807, 2.05) is 0 Å². The Morgan fingerprint density at radius 3 is 2.67 bits per heavy atom. The number of ether oxygens (including phenoxy) is 1. The zero-order valence-corrected chi connectivity index (χ0v) is 11.2. The largest absolute Gasteiger partial charge is 0.484 e. The first-order chi connectivity index (χ1) is 10.1. The molecule has 0 bridgehead atoms. The first kappa shape index (κ1) is 14.4. The zero-order valence-electron chi connectivity index (χ0n) is 11.2. The van der Waals surface area contributed by atoms with E-state index < -0.39 is 5.91 Å². The number of H-pyrrole nitrogens is 1. The van der Waals surface area contributed by atoms with Gasteiger partial charge in [0.1, 0.15) is 5.75 Å². The third kappa shape index (κ3) is 4.00. The molecule has 1 heterocycles. The number of rotatable bonds is 6. The number of tetrazole rings is 1. The Morgan fingerprint density at radius 2 is 2.10 bits per heavy atom. The van der Waals surface area contributed by atoms with Gasteiger partial charge >= 0.3 is 0 Å². The second-order valence-corrected chi connectivity index (χ2v) is 4.24. The van der Waals surface area contributed by atoms with Crippen molar-refractivity contribution >= 4 is 11.8 Å². The summed E-state index contributed by atoms with van der Waals surface area (Å²) in [5, 5.41) is 16.1. The highest BCUT2D eigenvalue weighted by Crippen LogP contribution is 2.13. The highest BCUT2D eigenvalue weighted by molar-refractivity contribution is 5.94. The fraction of sp³-hybridized carbons (Fsp3) is 0.250. The molecule has 1 aromatic heterocycles. The highest BCUT2D eigenvalue weighted by atomic mass is 16.5. The minimum Gasteiger partial charge on any atom is -0.484 e. The van der Waals surface area contributed by atoms with Gasteiger partial charge in [-0.3, -0.25) is 9.59 Å². The molecule has 9 heteroatoms. The molecule has 1 atom stereocenters. The number of carbonyl (C=O) groups is 2. The van der Waals surface area contributed by atoms with Crippen molar-refractivity contribution in [2.45, 2.75) is 13.0 Å². The summed E-state index contributed by atoms with van der Waals surface area (Å²) in [5.41, 5.74) is 5.41. The molecule has 2 rings (SSSR count). The molecule has 4 N–H and O–H groups in total. The lowest BCUT2D eigenvalue weighted by Gasteiger charge is -2.10. The number of aromatic nitrogens is 4. The number of benzene rings is 1. The number of hydrogen-bond donors (Lipinski definition) is 3. The molecule has 0 aliphatic carbocycles. The minimum atomic E-state index is -0.564. The van der Waals surface area contributed by atoms with Crippen LogP contribution in [-0.4, -0.2) is 39.0 Å². The van der Waals surface area contributed by atoms with E-state index in [0.29, 0.717) is 17.1 Å². The third-order valence-corrected chi connectivity index (χ3v) is 2.59. The molecule has 2 amide bonds.